The molecule has 0 unspecified atom stereocenters. The highest BCUT2D eigenvalue weighted by atomic mass is 32.2. The van der Waals surface area contributed by atoms with E-state index in [0.29, 0.717) is 38.3 Å². The fourth-order valence-corrected chi connectivity index (χ4v) is 6.97. The Morgan fingerprint density at radius 2 is 1.41 bits per heavy atom. The monoisotopic (exact) mass is 570 g/mol. The van der Waals surface area contributed by atoms with Crippen molar-refractivity contribution in [2.75, 3.05) is 38.5 Å². The Hall–Kier alpha value is -3.09. The second-order valence-corrected chi connectivity index (χ2v) is 13.3. The van der Waals surface area contributed by atoms with E-state index < -0.39 is 20.0 Å². The van der Waals surface area contributed by atoms with Gasteiger partial charge in [0.05, 0.1) is 9.79 Å². The first-order chi connectivity index (χ1) is 18.5. The van der Waals surface area contributed by atoms with E-state index in [9.17, 15) is 21.6 Å². The minimum atomic E-state index is -3.70. The summed E-state index contributed by atoms with van der Waals surface area (Å²) in [5, 5.41) is 2.79. The van der Waals surface area contributed by atoms with Gasteiger partial charge in [-0.25, -0.2) is 21.6 Å². The maximum Gasteiger partial charge on any atom is 0.243 e. The van der Waals surface area contributed by atoms with E-state index in [1.54, 1.807) is 31.2 Å². The van der Waals surface area contributed by atoms with Gasteiger partial charge < -0.3 is 10.2 Å². The number of hydrogen-bond donors (Lipinski definition) is 2. The summed E-state index contributed by atoms with van der Waals surface area (Å²) < 4.78 is 55.4. The Balaban J connectivity index is 1.28. The quantitative estimate of drug-likeness (QED) is 0.387. The average Bonchev–Trinajstić information content (AvgIpc) is 2.93. The number of aryl methyl sites for hydroxylation is 1. The lowest BCUT2D eigenvalue weighted by atomic mass is 10.1. The van der Waals surface area contributed by atoms with Gasteiger partial charge in [-0.2, -0.15) is 4.31 Å². The molecule has 0 aromatic heterocycles. The van der Waals surface area contributed by atoms with Crippen LogP contribution in [-0.2, 0) is 31.3 Å². The van der Waals surface area contributed by atoms with Crippen molar-refractivity contribution in [3.63, 3.8) is 0 Å². The van der Waals surface area contributed by atoms with E-state index in [4.69, 9.17) is 0 Å². The molecule has 11 heteroatoms. The number of amides is 1. The first-order valence-electron chi connectivity index (χ1n) is 12.8. The molecule has 4 rings (SSSR count). The third kappa shape index (κ3) is 7.52. The van der Waals surface area contributed by atoms with Gasteiger partial charge in [0, 0.05) is 44.3 Å². The van der Waals surface area contributed by atoms with Crippen LogP contribution >= 0.6 is 0 Å². The number of sulfonamides is 2. The molecule has 3 aromatic rings. The predicted octanol–water partition coefficient (Wildman–Crippen LogP) is 3.23. The summed E-state index contributed by atoms with van der Waals surface area (Å²) in [6.45, 7) is 4.08. The molecule has 1 aliphatic heterocycles. The number of nitrogens with zero attached hydrogens (tertiary/aromatic N) is 2. The van der Waals surface area contributed by atoms with Crippen LogP contribution in [0.1, 0.15) is 30.5 Å². The summed E-state index contributed by atoms with van der Waals surface area (Å²) >= 11 is 0. The first-order valence-corrected chi connectivity index (χ1v) is 15.7. The van der Waals surface area contributed by atoms with Gasteiger partial charge in [-0.3, -0.25) is 4.79 Å². The van der Waals surface area contributed by atoms with Crippen molar-refractivity contribution < 1.29 is 21.6 Å². The first kappa shape index (κ1) is 28.9. The van der Waals surface area contributed by atoms with Gasteiger partial charge in [-0.05, 0) is 67.9 Å². The number of hydrogen-bond acceptors (Lipinski definition) is 6. The van der Waals surface area contributed by atoms with Crippen molar-refractivity contribution in [1.82, 2.24) is 13.9 Å². The Morgan fingerprint density at radius 1 is 0.821 bits per heavy atom. The second kappa shape index (κ2) is 12.4. The lowest BCUT2D eigenvalue weighted by molar-refractivity contribution is -0.116. The van der Waals surface area contributed by atoms with E-state index in [1.165, 1.54) is 28.6 Å². The summed E-state index contributed by atoms with van der Waals surface area (Å²) in [5.74, 6) is -0.222. The molecule has 2 N–H and O–H groups in total. The molecule has 1 fully saturated rings. The van der Waals surface area contributed by atoms with Gasteiger partial charge in [-0.1, -0.05) is 42.5 Å². The number of carbonyl (C=O) groups excluding carboxylic acids is 1. The second-order valence-electron chi connectivity index (χ2n) is 9.68. The molecule has 0 spiro atoms. The molecule has 0 saturated carbocycles. The fraction of sp³-hybridized carbons (Fsp3) is 0.321. The third-order valence-electron chi connectivity index (χ3n) is 6.74. The Labute approximate surface area is 230 Å². The van der Waals surface area contributed by atoms with Crippen molar-refractivity contribution in [3.8, 4) is 0 Å². The van der Waals surface area contributed by atoms with Gasteiger partial charge in [0.2, 0.25) is 26.0 Å². The summed E-state index contributed by atoms with van der Waals surface area (Å²) in [6, 6.07) is 21.6. The molecular weight excluding hydrogens is 536 g/mol. The highest BCUT2D eigenvalue weighted by Crippen LogP contribution is 2.21. The van der Waals surface area contributed by atoms with Crippen LogP contribution in [0.5, 0.6) is 0 Å². The molecule has 39 heavy (non-hydrogen) atoms. The zero-order chi connectivity index (χ0) is 28.0. The molecule has 0 radical (unpaired) electrons. The maximum atomic E-state index is 12.9. The van der Waals surface area contributed by atoms with E-state index in [0.717, 1.165) is 11.1 Å². The zero-order valence-corrected chi connectivity index (χ0v) is 23.7. The molecule has 9 nitrogen and oxygen atoms in total. The third-order valence-corrected chi connectivity index (χ3v) is 10.2. The van der Waals surface area contributed by atoms with Gasteiger partial charge >= 0.3 is 0 Å². The summed E-state index contributed by atoms with van der Waals surface area (Å²) in [5.41, 5.74) is 2.21. The molecule has 1 atom stereocenters. The van der Waals surface area contributed by atoms with Crippen LogP contribution in [0.4, 0.5) is 5.69 Å². The van der Waals surface area contributed by atoms with Crippen molar-refractivity contribution in [1.29, 1.82) is 0 Å². The Bertz CT molecular complexity index is 1470. The molecule has 1 heterocycles. The summed E-state index contributed by atoms with van der Waals surface area (Å²) in [6.07, 6.45) is 0.618. The van der Waals surface area contributed by atoms with Gasteiger partial charge in [0.15, 0.2) is 0 Å². The number of likely N-dealkylation sites (N-methyl/N-ethyl adjacent to an activating group) is 1. The summed E-state index contributed by atoms with van der Waals surface area (Å²) in [4.78, 5) is 14.9. The number of rotatable bonds is 10. The maximum absolute atomic E-state index is 12.9. The number of carbonyl (C=O) groups is 1. The minimum Gasteiger partial charge on any atom is -0.326 e. The van der Waals surface area contributed by atoms with Crippen molar-refractivity contribution >= 4 is 31.6 Å². The van der Waals surface area contributed by atoms with E-state index in [1.807, 2.05) is 37.4 Å². The van der Waals surface area contributed by atoms with Gasteiger partial charge in [0.1, 0.15) is 0 Å². The van der Waals surface area contributed by atoms with Crippen LogP contribution in [0.25, 0.3) is 0 Å². The zero-order valence-electron chi connectivity index (χ0n) is 22.1. The Morgan fingerprint density at radius 3 is 2.03 bits per heavy atom. The molecule has 208 valence electrons. The highest BCUT2D eigenvalue weighted by Gasteiger charge is 2.27. The van der Waals surface area contributed by atoms with E-state index in [2.05, 4.69) is 14.9 Å². The lowest BCUT2D eigenvalue weighted by Crippen LogP contribution is -2.46. The topological polar surface area (TPSA) is 116 Å². The molecule has 1 saturated heterocycles. The minimum absolute atomic E-state index is 0.157. The molecule has 0 aliphatic carbocycles. The van der Waals surface area contributed by atoms with Crippen LogP contribution in [0.2, 0.25) is 0 Å². The molecule has 0 bridgehead atoms. The predicted molar refractivity (Wildman–Crippen MR) is 151 cm³/mol. The number of benzene rings is 3. The van der Waals surface area contributed by atoms with Crippen molar-refractivity contribution in [3.05, 3.63) is 90.0 Å². The molecule has 3 aromatic carbocycles. The standard InChI is InChI=1S/C28H34N4O5S2/c1-22(24-6-4-3-5-7-24)30-38(34,35)26-13-8-23(9-14-26)10-17-28(33)29-25-11-15-27(16-12-25)39(36,37)32-20-18-31(2)19-21-32/h3-9,11-16,22,30H,10,17-21H2,1-2H3,(H,29,33)/t22-/m0/s1. The Kier molecular flexibility index (Phi) is 9.19. The van der Waals surface area contributed by atoms with Crippen LogP contribution in [0, 0.1) is 0 Å². The summed E-state index contributed by atoms with van der Waals surface area (Å²) in [7, 11) is -5.30. The average molecular weight is 571 g/mol. The number of piperazine rings is 1. The molecule has 1 aliphatic rings. The van der Waals surface area contributed by atoms with Crippen LogP contribution in [0.3, 0.4) is 0 Å². The lowest BCUT2D eigenvalue weighted by Gasteiger charge is -2.31. The normalized spacial score (nSPS) is 16.1. The van der Waals surface area contributed by atoms with Crippen molar-refractivity contribution in [2.24, 2.45) is 0 Å². The van der Waals surface area contributed by atoms with Crippen LogP contribution in [0.15, 0.2) is 88.7 Å². The number of anilines is 1. The molecule has 1 amide bonds. The van der Waals surface area contributed by atoms with Gasteiger partial charge in [-0.15, -0.1) is 0 Å². The largest absolute Gasteiger partial charge is 0.326 e. The fourth-order valence-electron chi connectivity index (χ4n) is 4.31. The van der Waals surface area contributed by atoms with Crippen molar-refractivity contribution in [2.45, 2.75) is 35.6 Å². The van der Waals surface area contributed by atoms with E-state index in [-0.39, 0.29) is 28.2 Å². The van der Waals surface area contributed by atoms with Crippen LogP contribution < -0.4 is 10.0 Å². The smallest absolute Gasteiger partial charge is 0.243 e. The number of nitrogens with one attached hydrogen (secondary N) is 2. The molecular formula is C28H34N4O5S2. The van der Waals surface area contributed by atoms with Crippen LogP contribution in [-0.4, -0.2) is 65.2 Å². The van der Waals surface area contributed by atoms with Gasteiger partial charge in [0.25, 0.3) is 0 Å². The SMILES string of the molecule is C[C@H](NS(=O)(=O)c1ccc(CCC(=O)Nc2ccc(S(=O)(=O)N3CCN(C)CC3)cc2)cc1)c1ccccc1. The highest BCUT2D eigenvalue weighted by molar-refractivity contribution is 7.89. The van der Waals surface area contributed by atoms with E-state index >= 15 is 0 Å².